The van der Waals surface area contributed by atoms with Gasteiger partial charge in [0.05, 0.1) is 0 Å². The Morgan fingerprint density at radius 3 is 1.95 bits per heavy atom. The van der Waals surface area contributed by atoms with E-state index in [4.69, 9.17) is 0 Å². The summed E-state index contributed by atoms with van der Waals surface area (Å²) in [4.78, 5) is 0. The molecule has 0 spiro atoms. The highest BCUT2D eigenvalue weighted by Crippen LogP contribution is 2.34. The zero-order valence-electron chi connectivity index (χ0n) is 12.0. The molecule has 1 saturated carbocycles. The molecule has 1 aliphatic carbocycles. The molecule has 1 heteroatoms. The number of rotatable bonds is 2. The lowest BCUT2D eigenvalue weighted by Gasteiger charge is -2.24. The van der Waals surface area contributed by atoms with Crippen LogP contribution in [0.1, 0.15) is 74.3 Å². The van der Waals surface area contributed by atoms with Gasteiger partial charge in [-0.3, -0.25) is 0 Å². The second-order valence-corrected chi connectivity index (χ2v) is 6.38. The summed E-state index contributed by atoms with van der Waals surface area (Å²) in [5, 5.41) is 3.47. The van der Waals surface area contributed by atoms with Crippen LogP contribution in [0.25, 0.3) is 0 Å². The third kappa shape index (κ3) is 3.39. The average Bonchev–Trinajstić information content (AvgIpc) is 2.77. The van der Waals surface area contributed by atoms with Crippen LogP contribution in [0.4, 0.5) is 0 Å². The van der Waals surface area contributed by atoms with Gasteiger partial charge in [-0.25, -0.2) is 0 Å². The Labute approximate surface area is 117 Å². The Morgan fingerprint density at radius 2 is 1.32 bits per heavy atom. The Balaban J connectivity index is 1.74. The van der Waals surface area contributed by atoms with Crippen molar-refractivity contribution in [3.8, 4) is 0 Å². The quantitative estimate of drug-likeness (QED) is 0.764. The fraction of sp³-hybridized carbons (Fsp3) is 0.667. The normalized spacial score (nSPS) is 23.2. The number of nitrogens with one attached hydrogen (secondary N) is 1. The maximum absolute atomic E-state index is 3.47. The first-order chi connectivity index (χ1) is 9.43. The summed E-state index contributed by atoms with van der Waals surface area (Å²) in [5.41, 5.74) is 3.22. The van der Waals surface area contributed by atoms with Crippen molar-refractivity contribution >= 4 is 0 Å². The molecule has 1 saturated heterocycles. The van der Waals surface area contributed by atoms with Crippen molar-refractivity contribution in [3.63, 3.8) is 0 Å². The molecule has 3 rings (SSSR count). The molecule has 1 heterocycles. The first-order valence-electron chi connectivity index (χ1n) is 8.24. The van der Waals surface area contributed by atoms with Crippen LogP contribution >= 0.6 is 0 Å². The molecular weight excluding hydrogens is 230 g/mol. The van der Waals surface area contributed by atoms with Gasteiger partial charge in [-0.1, -0.05) is 49.9 Å². The number of benzene rings is 1. The van der Waals surface area contributed by atoms with Crippen LogP contribution in [-0.2, 0) is 0 Å². The number of hydrogen-bond acceptors (Lipinski definition) is 1. The SMILES string of the molecule is c1cc(C2CCCCCC2)cc(C2CCNCC2)c1. The minimum atomic E-state index is 0.798. The van der Waals surface area contributed by atoms with Gasteiger partial charge in [0.25, 0.3) is 0 Å². The van der Waals surface area contributed by atoms with E-state index < -0.39 is 0 Å². The van der Waals surface area contributed by atoms with Gasteiger partial charge in [0.2, 0.25) is 0 Å². The molecule has 0 radical (unpaired) electrons. The molecule has 0 atom stereocenters. The van der Waals surface area contributed by atoms with E-state index >= 15 is 0 Å². The molecule has 0 unspecified atom stereocenters. The topological polar surface area (TPSA) is 12.0 Å². The zero-order valence-corrected chi connectivity index (χ0v) is 12.0. The van der Waals surface area contributed by atoms with Crippen molar-refractivity contribution < 1.29 is 0 Å². The van der Waals surface area contributed by atoms with Crippen molar-refractivity contribution in [3.05, 3.63) is 35.4 Å². The molecule has 1 aromatic rings. The van der Waals surface area contributed by atoms with Crippen LogP contribution < -0.4 is 5.32 Å². The van der Waals surface area contributed by atoms with Crippen LogP contribution in [0, 0.1) is 0 Å². The molecular formula is C18H27N. The van der Waals surface area contributed by atoms with Gasteiger partial charge in [0.1, 0.15) is 0 Å². The van der Waals surface area contributed by atoms with Crippen molar-refractivity contribution in [1.82, 2.24) is 5.32 Å². The van der Waals surface area contributed by atoms with Crippen molar-refractivity contribution in [2.45, 2.75) is 63.2 Å². The summed E-state index contributed by atoms with van der Waals surface area (Å²) in [6, 6.07) is 9.57. The third-order valence-corrected chi connectivity index (χ3v) is 5.05. The summed E-state index contributed by atoms with van der Waals surface area (Å²) in [6.07, 6.45) is 11.2. The van der Waals surface area contributed by atoms with Crippen molar-refractivity contribution in [1.29, 1.82) is 0 Å². The summed E-state index contributed by atoms with van der Waals surface area (Å²) >= 11 is 0. The molecule has 2 aliphatic rings. The zero-order chi connectivity index (χ0) is 12.9. The fourth-order valence-corrected chi connectivity index (χ4v) is 3.83. The van der Waals surface area contributed by atoms with E-state index in [1.54, 1.807) is 11.1 Å². The largest absolute Gasteiger partial charge is 0.317 e. The summed E-state index contributed by atoms with van der Waals surface area (Å²) in [7, 11) is 0. The Kier molecular flexibility index (Phi) is 4.55. The first kappa shape index (κ1) is 13.2. The van der Waals surface area contributed by atoms with Gasteiger partial charge < -0.3 is 5.32 Å². The standard InChI is InChI=1S/C18H27N/c1-2-4-7-15(6-3-1)17-8-5-9-18(14-17)16-10-12-19-13-11-16/h5,8-9,14-16,19H,1-4,6-7,10-13H2. The third-order valence-electron chi connectivity index (χ3n) is 5.05. The van der Waals surface area contributed by atoms with Gasteiger partial charge in [0, 0.05) is 0 Å². The molecule has 2 fully saturated rings. The van der Waals surface area contributed by atoms with E-state index in [1.807, 2.05) is 0 Å². The highest BCUT2D eigenvalue weighted by molar-refractivity contribution is 5.29. The molecule has 1 nitrogen and oxygen atoms in total. The van der Waals surface area contributed by atoms with E-state index in [2.05, 4.69) is 29.6 Å². The van der Waals surface area contributed by atoms with Gasteiger partial charge >= 0.3 is 0 Å². The van der Waals surface area contributed by atoms with Crippen molar-refractivity contribution in [2.24, 2.45) is 0 Å². The molecule has 0 bridgehead atoms. The second kappa shape index (κ2) is 6.56. The Morgan fingerprint density at radius 1 is 0.737 bits per heavy atom. The van der Waals surface area contributed by atoms with E-state index in [0.29, 0.717) is 0 Å². The maximum atomic E-state index is 3.47. The summed E-state index contributed by atoms with van der Waals surface area (Å²) < 4.78 is 0. The lowest BCUT2D eigenvalue weighted by Crippen LogP contribution is -2.26. The predicted octanol–water partition coefficient (Wildman–Crippen LogP) is 4.59. The summed E-state index contributed by atoms with van der Waals surface area (Å²) in [6.45, 7) is 2.39. The molecule has 104 valence electrons. The maximum Gasteiger partial charge on any atom is -0.00431 e. The minimum Gasteiger partial charge on any atom is -0.317 e. The molecule has 0 amide bonds. The molecule has 1 aromatic carbocycles. The van der Waals surface area contributed by atoms with Crippen LogP contribution in [0.15, 0.2) is 24.3 Å². The van der Waals surface area contributed by atoms with Crippen LogP contribution in [0.2, 0.25) is 0 Å². The van der Waals surface area contributed by atoms with E-state index in [-0.39, 0.29) is 0 Å². The van der Waals surface area contributed by atoms with Gasteiger partial charge in [-0.2, -0.15) is 0 Å². The number of piperidine rings is 1. The second-order valence-electron chi connectivity index (χ2n) is 6.38. The van der Waals surface area contributed by atoms with E-state index in [9.17, 15) is 0 Å². The lowest BCUT2D eigenvalue weighted by molar-refractivity contribution is 0.459. The first-order valence-corrected chi connectivity index (χ1v) is 8.24. The molecule has 19 heavy (non-hydrogen) atoms. The van der Waals surface area contributed by atoms with Gasteiger partial charge in [0.15, 0.2) is 0 Å². The fourth-order valence-electron chi connectivity index (χ4n) is 3.83. The smallest absolute Gasteiger partial charge is 0.00431 e. The highest BCUT2D eigenvalue weighted by Gasteiger charge is 2.18. The predicted molar refractivity (Wildman–Crippen MR) is 81.7 cm³/mol. The van der Waals surface area contributed by atoms with E-state index in [1.165, 1.54) is 64.5 Å². The Hall–Kier alpha value is -0.820. The van der Waals surface area contributed by atoms with Crippen molar-refractivity contribution in [2.75, 3.05) is 13.1 Å². The minimum absolute atomic E-state index is 0.798. The highest BCUT2D eigenvalue weighted by atomic mass is 14.9. The number of hydrogen-bond donors (Lipinski definition) is 1. The van der Waals surface area contributed by atoms with Crippen LogP contribution in [0.3, 0.4) is 0 Å². The van der Waals surface area contributed by atoms with Crippen LogP contribution in [-0.4, -0.2) is 13.1 Å². The lowest BCUT2D eigenvalue weighted by atomic mass is 9.85. The van der Waals surface area contributed by atoms with E-state index in [0.717, 1.165) is 11.8 Å². The molecule has 1 aliphatic heterocycles. The monoisotopic (exact) mass is 257 g/mol. The average molecular weight is 257 g/mol. The van der Waals surface area contributed by atoms with Crippen LogP contribution in [0.5, 0.6) is 0 Å². The molecule has 0 aromatic heterocycles. The van der Waals surface area contributed by atoms with Gasteiger partial charge in [-0.05, 0) is 61.7 Å². The Bertz CT molecular complexity index is 384. The van der Waals surface area contributed by atoms with Gasteiger partial charge in [-0.15, -0.1) is 0 Å². The summed E-state index contributed by atoms with van der Waals surface area (Å²) in [5.74, 6) is 1.64. The molecule has 1 N–H and O–H groups in total.